The maximum atomic E-state index is 2.34. The topological polar surface area (TPSA) is 0 Å². The fraction of sp³-hybridized carbons (Fsp3) is 0.227. The minimum Gasteiger partial charge on any atom is -1.00 e. The average molecular weight is 443 g/mol. The van der Waals surface area contributed by atoms with Crippen LogP contribution in [0.15, 0.2) is 91.0 Å². The minimum absolute atomic E-state index is 0. The second-order valence-corrected chi connectivity index (χ2v) is 10.9. The van der Waals surface area contributed by atoms with Gasteiger partial charge in [0.15, 0.2) is 0 Å². The van der Waals surface area contributed by atoms with Gasteiger partial charge in [-0.15, -0.1) is 0 Å². The number of benzene rings is 2. The van der Waals surface area contributed by atoms with Gasteiger partial charge in [-0.1, -0.05) is 76.5 Å². The molecule has 3 aromatic carbocycles. The summed E-state index contributed by atoms with van der Waals surface area (Å²) in [7, 11) is 0.211. The summed E-state index contributed by atoms with van der Waals surface area (Å²) in [5, 5.41) is 3.23. The Bertz CT molecular complexity index is 609. The Morgan fingerprint density at radius 1 is 0.577 bits per heavy atom. The van der Waals surface area contributed by atoms with E-state index in [0.29, 0.717) is 0 Å². The van der Waals surface area contributed by atoms with E-state index < -0.39 is 0 Å². The van der Waals surface area contributed by atoms with Gasteiger partial charge in [0, 0.05) is 0 Å². The first-order valence-corrected chi connectivity index (χ1v) is 12.1. The summed E-state index contributed by atoms with van der Waals surface area (Å²) in [5.74, 6) is 0. The van der Waals surface area contributed by atoms with E-state index in [-0.39, 0.29) is 45.3 Å². The number of halogens is 1. The Morgan fingerprint density at radius 2 is 1.00 bits per heavy atom. The normalized spacial score (nSPS) is 18.9. The number of hydrogen-bond donors (Lipinski definition) is 0. The molecule has 0 nitrogen and oxygen atoms in total. The van der Waals surface area contributed by atoms with Crippen molar-refractivity contribution in [3.8, 4) is 0 Å². The zero-order chi connectivity index (χ0) is 16.5. The molecule has 0 N–H and O–H groups in total. The predicted octanol–water partition coefficient (Wildman–Crippen LogP) is 2.41. The van der Waals surface area contributed by atoms with Crippen LogP contribution in [0, 0.1) is 0 Å². The van der Waals surface area contributed by atoms with E-state index in [1.54, 1.807) is 10.6 Å². The molecule has 0 bridgehead atoms. The molecule has 4 heteroatoms. The molecule has 0 amide bonds. The van der Waals surface area contributed by atoms with Crippen molar-refractivity contribution < 1.29 is 29.5 Å². The van der Waals surface area contributed by atoms with E-state index in [0.717, 1.165) is 0 Å². The molecule has 1 fully saturated rings. The Balaban J connectivity index is 0.000000421. The van der Waals surface area contributed by atoms with E-state index in [1.165, 1.54) is 31.1 Å². The van der Waals surface area contributed by atoms with Gasteiger partial charge in [0.25, 0.3) is 0 Å². The third-order valence-electron chi connectivity index (χ3n) is 4.29. The number of hydrogen-bond acceptors (Lipinski definition) is 0. The van der Waals surface area contributed by atoms with Gasteiger partial charge in [0.05, 0.1) is 0 Å². The summed E-state index contributed by atoms with van der Waals surface area (Å²) in [4.78, 5) is 0. The average Bonchev–Trinajstić information content (AvgIpc) is 3.15. The fourth-order valence-corrected chi connectivity index (χ4v) is 8.96. The molecule has 0 saturated carbocycles. The van der Waals surface area contributed by atoms with Crippen LogP contribution >= 0.6 is 15.8 Å². The fourth-order valence-electron chi connectivity index (χ4n) is 3.03. The third kappa shape index (κ3) is 7.60. The van der Waals surface area contributed by atoms with Crippen LogP contribution in [0.1, 0.15) is 6.42 Å². The van der Waals surface area contributed by atoms with E-state index >= 15 is 0 Å². The van der Waals surface area contributed by atoms with Crippen molar-refractivity contribution in [2.24, 2.45) is 0 Å². The Hall–Kier alpha value is -0.541. The van der Waals surface area contributed by atoms with Crippen molar-refractivity contribution >= 4 is 26.5 Å². The molecule has 0 spiro atoms. The quantitative estimate of drug-likeness (QED) is 0.325. The molecule has 0 aromatic heterocycles. The van der Waals surface area contributed by atoms with Crippen molar-refractivity contribution in [3.63, 3.8) is 0 Å². The van der Waals surface area contributed by atoms with Crippen LogP contribution < -0.4 is 23.0 Å². The van der Waals surface area contributed by atoms with Gasteiger partial charge < -0.3 is 12.4 Å². The van der Waals surface area contributed by atoms with Gasteiger partial charge in [0.2, 0.25) is 0 Å². The van der Waals surface area contributed by atoms with Crippen LogP contribution in [0.25, 0.3) is 0 Å². The SMILES string of the molecule is [Cl-].[Fe+2].c1cc[cH-]c1.c1ccc([P@]2CCC[P@](c3ccccc3)CC2)cc1. The molecule has 1 saturated heterocycles. The van der Waals surface area contributed by atoms with Crippen LogP contribution in [-0.2, 0) is 17.1 Å². The summed E-state index contributed by atoms with van der Waals surface area (Å²) >= 11 is 0. The van der Waals surface area contributed by atoms with Gasteiger partial charge in [-0.25, -0.2) is 12.1 Å². The first kappa shape index (κ1) is 23.5. The molecule has 1 aliphatic heterocycles. The summed E-state index contributed by atoms with van der Waals surface area (Å²) in [6.45, 7) is 0. The maximum Gasteiger partial charge on any atom is 2.00 e. The zero-order valence-corrected chi connectivity index (χ0v) is 18.5. The van der Waals surface area contributed by atoms with Crippen molar-refractivity contribution in [2.45, 2.75) is 6.42 Å². The third-order valence-corrected chi connectivity index (χ3v) is 9.94. The maximum absolute atomic E-state index is 2.34. The monoisotopic (exact) mass is 442 g/mol. The molecule has 138 valence electrons. The molecule has 0 radical (unpaired) electrons. The van der Waals surface area contributed by atoms with Crippen molar-refractivity contribution in [3.05, 3.63) is 91.0 Å². The molecule has 1 aliphatic rings. The molecule has 4 rings (SSSR count). The first-order chi connectivity index (χ1) is 11.9. The predicted molar refractivity (Wildman–Crippen MR) is 112 cm³/mol. The summed E-state index contributed by atoms with van der Waals surface area (Å²) < 4.78 is 0. The second-order valence-electron chi connectivity index (χ2n) is 5.96. The Morgan fingerprint density at radius 3 is 1.35 bits per heavy atom. The van der Waals surface area contributed by atoms with E-state index in [4.69, 9.17) is 0 Å². The molecule has 1 heterocycles. The molecule has 26 heavy (non-hydrogen) atoms. The Kier molecular flexibility index (Phi) is 12.3. The molecular weight excluding hydrogens is 417 g/mol. The van der Waals surface area contributed by atoms with Crippen LogP contribution in [0.2, 0.25) is 0 Å². The van der Waals surface area contributed by atoms with Gasteiger partial charge in [-0.3, -0.25) is 0 Å². The minimum atomic E-state index is 0. The van der Waals surface area contributed by atoms with Crippen molar-refractivity contribution in [2.75, 3.05) is 24.6 Å². The second kappa shape index (κ2) is 13.6. The standard InChI is InChI=1S/C17H20P2.C5H5.ClH.Fe/c1-3-8-16(9-4-1)18-12-7-13-19(15-14-18)17-10-5-2-6-11-17;1-2-4-5-3-1;;/h1-6,8-11H,7,12-15H2;1-5H;1H;/q;-1;;+2/p-1/t18-,19+;;;. The molecule has 0 unspecified atom stereocenters. The number of rotatable bonds is 2. The van der Waals surface area contributed by atoms with Crippen LogP contribution in [0.3, 0.4) is 0 Å². The summed E-state index contributed by atoms with van der Waals surface area (Å²) in [6, 6.07) is 32.4. The molecule has 0 aliphatic carbocycles. The van der Waals surface area contributed by atoms with E-state index in [1.807, 2.05) is 30.3 Å². The Labute approximate surface area is 177 Å². The van der Waals surface area contributed by atoms with Crippen LogP contribution in [0.4, 0.5) is 0 Å². The van der Waals surface area contributed by atoms with Crippen molar-refractivity contribution in [1.29, 1.82) is 0 Å². The first-order valence-electron chi connectivity index (χ1n) is 8.70. The van der Waals surface area contributed by atoms with Gasteiger partial charge in [-0.05, 0) is 41.7 Å². The van der Waals surface area contributed by atoms with E-state index in [2.05, 4.69) is 60.7 Å². The van der Waals surface area contributed by atoms with Gasteiger partial charge in [0.1, 0.15) is 0 Å². The van der Waals surface area contributed by atoms with E-state index in [9.17, 15) is 0 Å². The molecule has 3 aromatic rings. The molecule has 2 atom stereocenters. The van der Waals surface area contributed by atoms with Gasteiger partial charge >= 0.3 is 17.1 Å². The zero-order valence-electron chi connectivity index (χ0n) is 14.8. The van der Waals surface area contributed by atoms with Crippen molar-refractivity contribution in [1.82, 2.24) is 0 Å². The summed E-state index contributed by atoms with van der Waals surface area (Å²) in [6.07, 6.45) is 7.15. The van der Waals surface area contributed by atoms with Crippen LogP contribution in [0.5, 0.6) is 0 Å². The van der Waals surface area contributed by atoms with Crippen LogP contribution in [-0.4, -0.2) is 24.6 Å². The summed E-state index contributed by atoms with van der Waals surface area (Å²) in [5.41, 5.74) is 0. The molecular formula is C22H25ClFeP2. The smallest absolute Gasteiger partial charge is 1.00 e. The van der Waals surface area contributed by atoms with Gasteiger partial charge in [-0.2, -0.15) is 18.2 Å². The largest absolute Gasteiger partial charge is 2.00 e.